The smallest absolute Gasteiger partial charge is 0.198 e. The summed E-state index contributed by atoms with van der Waals surface area (Å²) in [5.74, 6) is -2.46. The van der Waals surface area contributed by atoms with Crippen LogP contribution in [0, 0.1) is 0 Å². The molecule has 0 bridgehead atoms. The van der Waals surface area contributed by atoms with Crippen LogP contribution in [0.3, 0.4) is 0 Å². The highest BCUT2D eigenvalue weighted by molar-refractivity contribution is 6.32. The van der Waals surface area contributed by atoms with Crippen molar-refractivity contribution in [2.75, 3.05) is 10.6 Å². The third-order valence-electron chi connectivity index (χ3n) is 4.45. The number of hydrogen-bond acceptors (Lipinski definition) is 8. The van der Waals surface area contributed by atoms with Crippen LogP contribution in [0.2, 0.25) is 0 Å². The average Bonchev–Trinajstić information content (AvgIpc) is 2.70. The van der Waals surface area contributed by atoms with Crippen LogP contribution in [0.1, 0.15) is 31.8 Å². The summed E-state index contributed by atoms with van der Waals surface area (Å²) in [4.78, 5) is 26.1. The van der Waals surface area contributed by atoms with Gasteiger partial charge in [0.1, 0.15) is 5.69 Å². The lowest BCUT2D eigenvalue weighted by Gasteiger charge is -2.27. The minimum Gasteiger partial charge on any atom is -0.504 e. The predicted octanol–water partition coefficient (Wildman–Crippen LogP) is 1.64. The van der Waals surface area contributed by atoms with Crippen molar-refractivity contribution < 1.29 is 19.8 Å². The molecule has 0 aliphatic heterocycles. The number of ketones is 2. The molecular weight excluding hydrogens is 360 g/mol. The van der Waals surface area contributed by atoms with E-state index in [-0.39, 0.29) is 33.6 Å². The fourth-order valence-electron chi connectivity index (χ4n) is 3.06. The van der Waals surface area contributed by atoms with Gasteiger partial charge in [-0.05, 0) is 0 Å². The van der Waals surface area contributed by atoms with Gasteiger partial charge in [0.15, 0.2) is 23.1 Å². The number of fused-ring (bicyclic) bond motifs is 2. The van der Waals surface area contributed by atoms with E-state index >= 15 is 0 Å². The second kappa shape index (κ2) is 7.18. The van der Waals surface area contributed by atoms with Gasteiger partial charge >= 0.3 is 0 Å². The molecule has 8 heteroatoms. The van der Waals surface area contributed by atoms with Gasteiger partial charge in [-0.2, -0.15) is 0 Å². The van der Waals surface area contributed by atoms with Gasteiger partial charge in [0, 0.05) is 11.1 Å². The number of phenols is 2. The van der Waals surface area contributed by atoms with Gasteiger partial charge in [-0.1, -0.05) is 49.6 Å². The molecule has 0 amide bonds. The zero-order valence-electron chi connectivity index (χ0n) is 14.9. The van der Waals surface area contributed by atoms with Gasteiger partial charge in [0.25, 0.3) is 0 Å². The fraction of sp³-hybridized carbons (Fsp3) is 0.100. The molecule has 3 rings (SSSR count). The largest absolute Gasteiger partial charge is 0.504 e. The van der Waals surface area contributed by atoms with Crippen molar-refractivity contribution in [1.29, 1.82) is 0 Å². The van der Waals surface area contributed by atoms with Crippen molar-refractivity contribution in [2.45, 2.75) is 12.3 Å². The van der Waals surface area contributed by atoms with E-state index in [0.29, 0.717) is 0 Å². The first-order valence-electron chi connectivity index (χ1n) is 8.41. The first-order valence-corrected chi connectivity index (χ1v) is 8.41. The summed E-state index contributed by atoms with van der Waals surface area (Å²) in [6.07, 6.45) is 1.10. The Bertz CT molecular complexity index is 1020. The van der Waals surface area contributed by atoms with Crippen molar-refractivity contribution in [3.8, 4) is 11.5 Å². The number of carbonyl (C=O) groups excluding carboxylic acids is 2. The van der Waals surface area contributed by atoms with E-state index in [2.05, 4.69) is 23.8 Å². The summed E-state index contributed by atoms with van der Waals surface area (Å²) >= 11 is 0. The van der Waals surface area contributed by atoms with E-state index in [4.69, 9.17) is 11.5 Å². The minimum absolute atomic E-state index is 0.0304. The quantitative estimate of drug-likeness (QED) is 0.163. The SMILES string of the molecule is C=CC(N)Nc1c(O)c(O)c2c(c1NC(N)C=C)C(=O)c1ccccc1C2=O. The molecule has 0 fully saturated rings. The molecule has 0 heterocycles. The summed E-state index contributed by atoms with van der Waals surface area (Å²) < 4.78 is 0. The summed E-state index contributed by atoms with van der Waals surface area (Å²) in [6, 6.07) is 6.24. The Balaban J connectivity index is 2.36. The number of carbonyl (C=O) groups is 2. The topological polar surface area (TPSA) is 151 Å². The second-order valence-corrected chi connectivity index (χ2v) is 6.21. The van der Waals surface area contributed by atoms with Crippen LogP contribution in [0.5, 0.6) is 11.5 Å². The van der Waals surface area contributed by atoms with Gasteiger partial charge in [-0.25, -0.2) is 0 Å². The molecule has 2 unspecified atom stereocenters. The third kappa shape index (κ3) is 2.90. The molecule has 0 radical (unpaired) electrons. The van der Waals surface area contributed by atoms with Crippen LogP contribution in [0.4, 0.5) is 11.4 Å². The first-order chi connectivity index (χ1) is 13.3. The normalized spacial score (nSPS) is 14.5. The van der Waals surface area contributed by atoms with E-state index in [1.165, 1.54) is 24.3 Å². The molecule has 0 saturated carbocycles. The molecule has 0 saturated heterocycles. The molecule has 8 nitrogen and oxygen atoms in total. The van der Waals surface area contributed by atoms with Crippen LogP contribution in [0.25, 0.3) is 0 Å². The molecule has 2 aromatic rings. The van der Waals surface area contributed by atoms with Gasteiger partial charge in [-0.15, -0.1) is 0 Å². The summed E-state index contributed by atoms with van der Waals surface area (Å²) in [5.41, 5.74) is 11.5. The summed E-state index contributed by atoms with van der Waals surface area (Å²) in [6.45, 7) is 7.12. The standard InChI is InChI=1S/C20H20N4O4/c1-3-11(21)23-15-13-14(19(27)20(28)16(15)24-12(22)4-2)18(26)10-8-6-5-7-9(10)17(13)25/h3-8,11-12,23-24,27-28H,1-2,21-22H2. The molecule has 28 heavy (non-hydrogen) atoms. The van der Waals surface area contributed by atoms with Crippen molar-refractivity contribution in [3.05, 3.63) is 71.8 Å². The molecule has 144 valence electrons. The maximum atomic E-state index is 13.2. The molecule has 1 aliphatic rings. The van der Waals surface area contributed by atoms with Crippen LogP contribution in [-0.4, -0.2) is 34.1 Å². The van der Waals surface area contributed by atoms with Crippen LogP contribution < -0.4 is 22.1 Å². The number of nitrogens with one attached hydrogen (secondary N) is 2. The van der Waals surface area contributed by atoms with Gasteiger partial charge in [-0.3, -0.25) is 9.59 Å². The molecule has 2 aromatic carbocycles. The lowest BCUT2D eigenvalue weighted by Crippen LogP contribution is -2.32. The first kappa shape index (κ1) is 19.2. The maximum absolute atomic E-state index is 13.2. The Labute approximate surface area is 161 Å². The van der Waals surface area contributed by atoms with Crippen LogP contribution in [-0.2, 0) is 0 Å². The molecule has 2 atom stereocenters. The van der Waals surface area contributed by atoms with Crippen molar-refractivity contribution >= 4 is 22.9 Å². The second-order valence-electron chi connectivity index (χ2n) is 6.21. The third-order valence-corrected chi connectivity index (χ3v) is 4.45. The van der Waals surface area contributed by atoms with Crippen LogP contribution >= 0.6 is 0 Å². The zero-order chi connectivity index (χ0) is 20.6. The number of hydrogen-bond donors (Lipinski definition) is 6. The molecule has 0 spiro atoms. The highest BCUT2D eigenvalue weighted by Crippen LogP contribution is 2.49. The fourth-order valence-corrected chi connectivity index (χ4v) is 3.06. The number of benzene rings is 2. The van der Waals surface area contributed by atoms with E-state index in [1.54, 1.807) is 12.1 Å². The van der Waals surface area contributed by atoms with Crippen molar-refractivity contribution in [3.63, 3.8) is 0 Å². The number of phenolic OH excluding ortho intramolecular Hbond substituents is 2. The Kier molecular flexibility index (Phi) is 4.91. The van der Waals surface area contributed by atoms with E-state index in [0.717, 1.165) is 0 Å². The number of nitrogens with two attached hydrogens (primary N) is 2. The Morgan fingerprint density at radius 2 is 1.29 bits per heavy atom. The summed E-state index contributed by atoms with van der Waals surface area (Å²) in [7, 11) is 0. The molecular formula is C20H20N4O4. The van der Waals surface area contributed by atoms with E-state index in [9.17, 15) is 19.8 Å². The van der Waals surface area contributed by atoms with Gasteiger partial charge in [0.2, 0.25) is 0 Å². The Morgan fingerprint density at radius 1 is 0.821 bits per heavy atom. The number of anilines is 2. The highest BCUT2D eigenvalue weighted by atomic mass is 16.3. The van der Waals surface area contributed by atoms with Gasteiger partial charge in [0.05, 0.1) is 29.1 Å². The lowest BCUT2D eigenvalue weighted by atomic mass is 9.82. The molecule has 8 N–H and O–H groups in total. The van der Waals surface area contributed by atoms with E-state index in [1.807, 2.05) is 0 Å². The zero-order valence-corrected chi connectivity index (χ0v) is 14.9. The minimum atomic E-state index is -0.814. The van der Waals surface area contributed by atoms with Gasteiger partial charge < -0.3 is 32.3 Å². The predicted molar refractivity (Wildman–Crippen MR) is 107 cm³/mol. The number of rotatable bonds is 6. The molecule has 0 aromatic heterocycles. The molecule has 1 aliphatic carbocycles. The Morgan fingerprint density at radius 3 is 1.79 bits per heavy atom. The van der Waals surface area contributed by atoms with Crippen LogP contribution in [0.15, 0.2) is 49.6 Å². The monoisotopic (exact) mass is 380 g/mol. The van der Waals surface area contributed by atoms with E-state index < -0.39 is 35.4 Å². The summed E-state index contributed by atoms with van der Waals surface area (Å²) in [5, 5.41) is 26.6. The van der Waals surface area contributed by atoms with Crippen molar-refractivity contribution in [2.24, 2.45) is 11.5 Å². The average molecular weight is 380 g/mol. The Hall–Kier alpha value is -3.62. The lowest BCUT2D eigenvalue weighted by molar-refractivity contribution is 0.0977. The van der Waals surface area contributed by atoms with Crippen molar-refractivity contribution in [1.82, 2.24) is 0 Å². The highest BCUT2D eigenvalue weighted by Gasteiger charge is 2.38. The number of aromatic hydroxyl groups is 2. The maximum Gasteiger partial charge on any atom is 0.198 e.